The van der Waals surface area contributed by atoms with Crippen LogP contribution in [0.4, 0.5) is 0 Å². The predicted octanol–water partition coefficient (Wildman–Crippen LogP) is 5.82. The molecule has 2 aliphatic rings. The van der Waals surface area contributed by atoms with Crippen molar-refractivity contribution in [3.8, 4) is 0 Å². The third-order valence-electron chi connectivity index (χ3n) is 7.94. The molecule has 0 bridgehead atoms. The van der Waals surface area contributed by atoms with Gasteiger partial charge in [-0.05, 0) is 66.6 Å². The monoisotopic (exact) mass is 544 g/mol. The van der Waals surface area contributed by atoms with Gasteiger partial charge in [0.2, 0.25) is 11.8 Å². The van der Waals surface area contributed by atoms with Crippen molar-refractivity contribution in [1.29, 1.82) is 0 Å². The molecule has 3 aromatic carbocycles. The summed E-state index contributed by atoms with van der Waals surface area (Å²) in [5.41, 5.74) is 1.60. The van der Waals surface area contributed by atoms with Crippen LogP contribution in [0, 0.1) is 11.3 Å². The van der Waals surface area contributed by atoms with Crippen molar-refractivity contribution in [1.82, 2.24) is 10.2 Å². The molecule has 0 unspecified atom stereocenters. The first-order valence-corrected chi connectivity index (χ1v) is 14.0. The molecule has 6 nitrogen and oxygen atoms in total. The Morgan fingerprint density at radius 2 is 1.85 bits per heavy atom. The average Bonchev–Trinajstić information content (AvgIpc) is 3.19. The maximum atomic E-state index is 13.9. The van der Waals surface area contributed by atoms with E-state index in [0.717, 1.165) is 34.7 Å². The number of carbonyl (C=O) groups excluding carboxylic acids is 3. The second-order valence-corrected chi connectivity index (χ2v) is 10.6. The normalized spacial score (nSPS) is 20.5. The van der Waals surface area contributed by atoms with E-state index in [2.05, 4.69) is 5.32 Å². The highest BCUT2D eigenvalue weighted by atomic mass is 35.5. The SMILES string of the molecule is CCOC(=O)[C@@]12CCCC=C1N(CCc1ccc(Cl)cc1)C(=O)[C@H]2CC(=O)NCc1cccc2ccccc12. The van der Waals surface area contributed by atoms with E-state index in [-0.39, 0.29) is 24.8 Å². The molecule has 0 saturated carbocycles. The van der Waals surface area contributed by atoms with E-state index in [9.17, 15) is 14.4 Å². The number of amides is 2. The fraction of sp³-hybridized carbons (Fsp3) is 0.344. The second-order valence-electron chi connectivity index (χ2n) is 10.2. The molecule has 0 aromatic heterocycles. The Bertz CT molecular complexity index is 1410. The first-order valence-electron chi connectivity index (χ1n) is 13.6. The zero-order valence-electron chi connectivity index (χ0n) is 22.1. The molecule has 1 aliphatic carbocycles. The molecule has 1 aliphatic heterocycles. The molecule has 1 heterocycles. The first kappa shape index (κ1) is 26.9. The van der Waals surface area contributed by atoms with Gasteiger partial charge >= 0.3 is 5.97 Å². The minimum atomic E-state index is -1.14. The molecular formula is C32H33ClN2O4. The molecule has 3 aromatic rings. The molecule has 202 valence electrons. The van der Waals surface area contributed by atoms with Gasteiger partial charge in [0, 0.05) is 30.2 Å². The van der Waals surface area contributed by atoms with Crippen molar-refractivity contribution >= 4 is 40.2 Å². The summed E-state index contributed by atoms with van der Waals surface area (Å²) in [5, 5.41) is 5.84. The molecule has 5 rings (SSSR count). The Balaban J connectivity index is 1.38. The van der Waals surface area contributed by atoms with Gasteiger partial charge in [0.05, 0.1) is 12.5 Å². The van der Waals surface area contributed by atoms with E-state index < -0.39 is 17.3 Å². The van der Waals surface area contributed by atoms with Crippen molar-refractivity contribution in [2.45, 2.75) is 45.6 Å². The number of carbonyl (C=O) groups is 3. The van der Waals surface area contributed by atoms with Crippen molar-refractivity contribution in [2.75, 3.05) is 13.2 Å². The molecule has 0 spiro atoms. The number of nitrogens with zero attached hydrogens (tertiary/aromatic N) is 1. The highest BCUT2D eigenvalue weighted by Gasteiger charge is 2.61. The molecular weight excluding hydrogens is 512 g/mol. The van der Waals surface area contributed by atoms with Gasteiger partial charge < -0.3 is 15.0 Å². The molecule has 2 atom stereocenters. The van der Waals surface area contributed by atoms with Gasteiger partial charge in [0.25, 0.3) is 0 Å². The molecule has 1 saturated heterocycles. The summed E-state index contributed by atoms with van der Waals surface area (Å²) in [4.78, 5) is 42.5. The van der Waals surface area contributed by atoms with Gasteiger partial charge in [0.1, 0.15) is 5.41 Å². The van der Waals surface area contributed by atoms with Crippen LogP contribution in [0.5, 0.6) is 0 Å². The number of likely N-dealkylation sites (tertiary alicyclic amines) is 1. The van der Waals surface area contributed by atoms with Gasteiger partial charge in [-0.3, -0.25) is 14.4 Å². The van der Waals surface area contributed by atoms with Crippen LogP contribution in [0.1, 0.15) is 43.7 Å². The molecule has 7 heteroatoms. The van der Waals surface area contributed by atoms with E-state index >= 15 is 0 Å². The molecule has 39 heavy (non-hydrogen) atoms. The summed E-state index contributed by atoms with van der Waals surface area (Å²) in [5.74, 6) is -1.66. The number of nitrogens with one attached hydrogen (secondary N) is 1. The fourth-order valence-corrected chi connectivity index (χ4v) is 6.17. The highest BCUT2D eigenvalue weighted by molar-refractivity contribution is 6.30. The summed E-state index contributed by atoms with van der Waals surface area (Å²) >= 11 is 6.03. The number of esters is 1. The fourth-order valence-electron chi connectivity index (χ4n) is 6.04. The lowest BCUT2D eigenvalue weighted by molar-refractivity contribution is -0.158. The Morgan fingerprint density at radius 1 is 1.08 bits per heavy atom. The van der Waals surface area contributed by atoms with E-state index in [0.29, 0.717) is 36.7 Å². The average molecular weight is 545 g/mol. The van der Waals surface area contributed by atoms with Crippen molar-refractivity contribution in [3.63, 3.8) is 0 Å². The molecule has 1 fully saturated rings. The van der Waals surface area contributed by atoms with Gasteiger partial charge in [-0.15, -0.1) is 0 Å². The minimum Gasteiger partial charge on any atom is -0.465 e. The van der Waals surface area contributed by atoms with Crippen LogP contribution < -0.4 is 5.32 Å². The number of hydrogen-bond donors (Lipinski definition) is 1. The smallest absolute Gasteiger partial charge is 0.318 e. The maximum Gasteiger partial charge on any atom is 0.318 e. The Kier molecular flexibility index (Phi) is 8.03. The predicted molar refractivity (Wildman–Crippen MR) is 152 cm³/mol. The number of halogens is 1. The zero-order chi connectivity index (χ0) is 27.4. The molecule has 1 N–H and O–H groups in total. The van der Waals surface area contributed by atoms with Crippen LogP contribution in [-0.2, 0) is 32.1 Å². The summed E-state index contributed by atoms with van der Waals surface area (Å²) in [6, 6.07) is 21.6. The third-order valence-corrected chi connectivity index (χ3v) is 8.19. The number of rotatable bonds is 9. The zero-order valence-corrected chi connectivity index (χ0v) is 22.9. The number of allylic oxidation sites excluding steroid dienone is 1. The quantitative estimate of drug-likeness (QED) is 0.344. The van der Waals surface area contributed by atoms with Gasteiger partial charge in [-0.2, -0.15) is 0 Å². The first-order chi connectivity index (χ1) is 18.9. The summed E-state index contributed by atoms with van der Waals surface area (Å²) < 4.78 is 5.54. The Morgan fingerprint density at radius 3 is 2.64 bits per heavy atom. The topological polar surface area (TPSA) is 75.7 Å². The van der Waals surface area contributed by atoms with Crippen molar-refractivity contribution in [2.24, 2.45) is 11.3 Å². The number of benzene rings is 3. The maximum absolute atomic E-state index is 13.9. The molecule has 2 amide bonds. The number of ether oxygens (including phenoxy) is 1. The van der Waals surface area contributed by atoms with E-state index in [1.54, 1.807) is 11.8 Å². The van der Waals surface area contributed by atoms with Gasteiger partial charge in [0.15, 0.2) is 0 Å². The number of hydrogen-bond acceptors (Lipinski definition) is 4. The van der Waals surface area contributed by atoms with Crippen LogP contribution in [0.2, 0.25) is 5.02 Å². The van der Waals surface area contributed by atoms with Crippen LogP contribution in [-0.4, -0.2) is 35.8 Å². The van der Waals surface area contributed by atoms with Crippen LogP contribution in [0.25, 0.3) is 10.8 Å². The Hall–Kier alpha value is -3.64. The lowest BCUT2D eigenvalue weighted by Gasteiger charge is -2.35. The van der Waals surface area contributed by atoms with E-state index in [1.807, 2.05) is 72.8 Å². The molecule has 0 radical (unpaired) electrons. The summed E-state index contributed by atoms with van der Waals surface area (Å²) in [7, 11) is 0. The third kappa shape index (κ3) is 5.30. The van der Waals surface area contributed by atoms with Crippen molar-refractivity contribution < 1.29 is 19.1 Å². The lowest BCUT2D eigenvalue weighted by atomic mass is 9.68. The second kappa shape index (κ2) is 11.6. The summed E-state index contributed by atoms with van der Waals surface area (Å²) in [6.07, 6.45) is 4.56. The van der Waals surface area contributed by atoms with E-state index in [4.69, 9.17) is 16.3 Å². The minimum absolute atomic E-state index is 0.0722. The number of fused-ring (bicyclic) bond motifs is 2. The van der Waals surface area contributed by atoms with Crippen LogP contribution in [0.15, 0.2) is 78.5 Å². The van der Waals surface area contributed by atoms with E-state index in [1.165, 1.54) is 0 Å². The van der Waals surface area contributed by atoms with Crippen LogP contribution in [0.3, 0.4) is 0 Å². The standard InChI is InChI=1S/C32H33ClN2O4/c1-2-39-31(38)32-18-6-5-12-28(32)35(19-17-22-13-15-25(33)16-14-22)30(37)27(32)20-29(36)34-21-24-10-7-9-23-8-3-4-11-26(23)24/h3-4,7-16,27H,2,5-6,17-21H2,1H3,(H,34,36)/t27-,32-/m1/s1. The lowest BCUT2D eigenvalue weighted by Crippen LogP contribution is -2.43. The summed E-state index contributed by atoms with van der Waals surface area (Å²) in [6.45, 7) is 2.74. The highest BCUT2D eigenvalue weighted by Crippen LogP contribution is 2.53. The Labute approximate surface area is 234 Å². The largest absolute Gasteiger partial charge is 0.465 e. The van der Waals surface area contributed by atoms with Crippen molar-refractivity contribution in [3.05, 3.63) is 94.7 Å². The van der Waals surface area contributed by atoms with Crippen LogP contribution >= 0.6 is 11.6 Å². The van der Waals surface area contributed by atoms with Gasteiger partial charge in [-0.1, -0.05) is 72.3 Å². The van der Waals surface area contributed by atoms with Gasteiger partial charge in [-0.25, -0.2) is 0 Å².